The van der Waals surface area contributed by atoms with Gasteiger partial charge in [0.25, 0.3) is 0 Å². The Morgan fingerprint density at radius 2 is 1.74 bits per heavy atom. The Bertz CT molecular complexity index is 2390. The maximum Gasteiger partial charge on any atom is 0.418 e. The third-order valence-corrected chi connectivity index (χ3v) is 12.2. The fraction of sp³-hybridized carbons (Fsp3) is 0.455. The van der Waals surface area contributed by atoms with Gasteiger partial charge >= 0.3 is 11.9 Å². The molecule has 1 unspecified atom stereocenters. The number of aryl methyl sites for hydroxylation is 1. The largest absolute Gasteiger partial charge is 0.418 e. The Morgan fingerprint density at radius 3 is 2.41 bits per heavy atom. The molecule has 0 radical (unpaired) electrons. The van der Waals surface area contributed by atoms with E-state index in [0.717, 1.165) is 98.3 Å². The second kappa shape index (κ2) is 19.0. The lowest BCUT2D eigenvalue weighted by molar-refractivity contribution is -0.136. The van der Waals surface area contributed by atoms with Crippen molar-refractivity contribution in [3.8, 4) is 5.69 Å². The number of imidazole rings is 1. The van der Waals surface area contributed by atoms with Gasteiger partial charge in [0.2, 0.25) is 5.91 Å². The Labute approximate surface area is 352 Å². The molecule has 14 nitrogen and oxygen atoms in total. The maximum atomic E-state index is 14.5. The van der Waals surface area contributed by atoms with Crippen molar-refractivity contribution in [2.24, 2.45) is 13.0 Å². The van der Waals surface area contributed by atoms with Gasteiger partial charge in [-0.15, -0.1) is 10.2 Å². The molecule has 1 amide bonds. The van der Waals surface area contributed by atoms with Crippen LogP contribution in [0.5, 0.6) is 0 Å². The van der Waals surface area contributed by atoms with E-state index in [1.165, 1.54) is 16.8 Å². The van der Waals surface area contributed by atoms with Crippen molar-refractivity contribution in [3.05, 3.63) is 111 Å². The van der Waals surface area contributed by atoms with Crippen LogP contribution >= 0.6 is 0 Å². The van der Waals surface area contributed by atoms with Crippen molar-refractivity contribution in [1.29, 1.82) is 0 Å². The molecule has 324 valence electrons. The lowest BCUT2D eigenvalue weighted by atomic mass is 9.95. The number of carbonyl (C=O) groups is 3. The summed E-state index contributed by atoms with van der Waals surface area (Å²) in [5.74, 6) is 1.05. The monoisotopic (exact) mass is 842 g/mol. The zero-order chi connectivity index (χ0) is 43.3. The van der Waals surface area contributed by atoms with Crippen molar-refractivity contribution < 1.29 is 27.6 Å². The SMILES string of the molecule is CNC(=O)CCC(C=O)N(C)Cc1cc(N2CCN(CC3CCN(Cc4cc(C(F)(F)F)c5cn(-c6cccc(Cc7nncn7C)c6)c(=O)n5c4)CC3)CC2)ccc1C=O. The number of anilines is 1. The summed E-state index contributed by atoms with van der Waals surface area (Å²) in [5, 5.41) is 10.6. The van der Waals surface area contributed by atoms with Gasteiger partial charge in [0.15, 0.2) is 0 Å². The highest BCUT2D eigenvalue weighted by Gasteiger charge is 2.35. The number of nitrogens with one attached hydrogen (secondary N) is 1. The summed E-state index contributed by atoms with van der Waals surface area (Å²) in [5.41, 5.74) is 2.56. The molecular weight excluding hydrogens is 790 g/mol. The van der Waals surface area contributed by atoms with Gasteiger partial charge < -0.3 is 19.6 Å². The first-order valence-corrected chi connectivity index (χ1v) is 20.7. The molecule has 1 atom stereocenters. The van der Waals surface area contributed by atoms with E-state index >= 15 is 0 Å². The van der Waals surface area contributed by atoms with Crippen molar-refractivity contribution in [3.63, 3.8) is 0 Å². The molecule has 2 saturated heterocycles. The zero-order valence-electron chi connectivity index (χ0n) is 34.9. The molecule has 0 spiro atoms. The summed E-state index contributed by atoms with van der Waals surface area (Å²) in [7, 11) is 5.22. The number of likely N-dealkylation sites (tertiary alicyclic amines) is 1. The molecule has 61 heavy (non-hydrogen) atoms. The van der Waals surface area contributed by atoms with Gasteiger partial charge in [-0.05, 0) is 98.4 Å². The lowest BCUT2D eigenvalue weighted by Gasteiger charge is -2.40. The predicted octanol–water partition coefficient (Wildman–Crippen LogP) is 4.20. The topological polar surface area (TPSA) is 133 Å². The molecule has 3 aromatic heterocycles. The first-order chi connectivity index (χ1) is 29.3. The highest BCUT2D eigenvalue weighted by molar-refractivity contribution is 5.79. The molecule has 2 aromatic carbocycles. The molecule has 0 aliphatic carbocycles. The number of aldehydes is 2. The molecule has 0 bridgehead atoms. The van der Waals surface area contributed by atoms with Crippen molar-refractivity contribution >= 4 is 29.7 Å². The highest BCUT2D eigenvalue weighted by Crippen LogP contribution is 2.34. The summed E-state index contributed by atoms with van der Waals surface area (Å²) in [6, 6.07) is 13.7. The van der Waals surface area contributed by atoms with Crippen molar-refractivity contribution in [2.45, 2.75) is 57.4 Å². The van der Waals surface area contributed by atoms with Gasteiger partial charge in [-0.25, -0.2) is 4.79 Å². The molecule has 2 fully saturated rings. The number of fused-ring (bicyclic) bond motifs is 1. The average molecular weight is 843 g/mol. The van der Waals surface area contributed by atoms with Crippen LogP contribution in [-0.2, 0) is 42.3 Å². The second-order valence-electron chi connectivity index (χ2n) is 16.3. The number of hydrogen-bond donors (Lipinski definition) is 1. The fourth-order valence-electron chi connectivity index (χ4n) is 8.57. The third kappa shape index (κ3) is 10.3. The van der Waals surface area contributed by atoms with E-state index in [1.54, 1.807) is 42.3 Å². The maximum absolute atomic E-state index is 14.5. The fourth-order valence-corrected chi connectivity index (χ4v) is 8.57. The van der Waals surface area contributed by atoms with Crippen LogP contribution in [0, 0.1) is 5.92 Å². The summed E-state index contributed by atoms with van der Waals surface area (Å²) in [6.45, 7) is 6.51. The number of alkyl halides is 3. The Balaban J connectivity index is 0.941. The first-order valence-electron chi connectivity index (χ1n) is 20.7. The molecule has 5 heterocycles. The van der Waals surface area contributed by atoms with Gasteiger partial charge in [-0.1, -0.05) is 12.1 Å². The number of halogens is 3. The number of rotatable bonds is 16. The average Bonchev–Trinajstić information content (AvgIpc) is 3.82. The number of benzene rings is 2. The minimum Gasteiger partial charge on any atom is -0.369 e. The van der Waals surface area contributed by atoms with Crippen LogP contribution in [0.3, 0.4) is 0 Å². The first kappa shape index (κ1) is 43.4. The van der Waals surface area contributed by atoms with E-state index in [1.807, 2.05) is 43.3 Å². The second-order valence-corrected chi connectivity index (χ2v) is 16.3. The van der Waals surface area contributed by atoms with Crippen LogP contribution in [-0.4, -0.2) is 123 Å². The smallest absolute Gasteiger partial charge is 0.369 e. The van der Waals surface area contributed by atoms with E-state index in [2.05, 4.69) is 30.2 Å². The van der Waals surface area contributed by atoms with Crippen molar-refractivity contribution in [1.82, 2.24) is 43.7 Å². The van der Waals surface area contributed by atoms with Gasteiger partial charge in [0.1, 0.15) is 24.7 Å². The van der Waals surface area contributed by atoms with Gasteiger partial charge in [0, 0.05) is 96.4 Å². The van der Waals surface area contributed by atoms with Crippen LogP contribution in [0.2, 0.25) is 0 Å². The molecule has 7 rings (SSSR count). The number of carbonyl (C=O) groups excluding carboxylic acids is 3. The molecule has 0 saturated carbocycles. The van der Waals surface area contributed by atoms with Gasteiger partial charge in [0.05, 0.1) is 22.8 Å². The Kier molecular flexibility index (Phi) is 13.5. The number of aromatic nitrogens is 5. The van der Waals surface area contributed by atoms with Crippen LogP contribution < -0.4 is 15.9 Å². The van der Waals surface area contributed by atoms with Crippen LogP contribution in [0.25, 0.3) is 11.2 Å². The molecule has 17 heteroatoms. The van der Waals surface area contributed by atoms with Crippen LogP contribution in [0.15, 0.2) is 72.0 Å². The predicted molar refractivity (Wildman–Crippen MR) is 225 cm³/mol. The standard InChI is InChI=1S/C44H53F3N10O4/c1-48-42(60)10-9-38(29-59)51(2)26-35-22-36(8-7-34(35)28-58)55-17-15-54(16-18-55)23-31-11-13-53(14-12-31)24-33-20-39(44(45,46)47)40-27-56(43(61)57(40)25-33)37-6-4-5-32(19-37)21-41-50-49-30-52(41)3/h4-8,19-20,22,25,27-31,38H,9-18,21,23-24,26H2,1-3H3,(H,48,60). The van der Waals surface area contributed by atoms with E-state index < -0.39 is 23.5 Å². The van der Waals surface area contributed by atoms with E-state index in [-0.39, 0.29) is 17.8 Å². The Morgan fingerprint density at radius 1 is 0.967 bits per heavy atom. The quantitative estimate of drug-likeness (QED) is 0.144. The summed E-state index contributed by atoms with van der Waals surface area (Å²) >= 11 is 0. The van der Waals surface area contributed by atoms with Crippen LogP contribution in [0.1, 0.15) is 64.1 Å². The summed E-state index contributed by atoms with van der Waals surface area (Å²) in [6.07, 6.45) is 4.35. The molecule has 2 aliphatic rings. The zero-order valence-corrected chi connectivity index (χ0v) is 34.9. The van der Waals surface area contributed by atoms with Crippen LogP contribution in [0.4, 0.5) is 18.9 Å². The normalized spacial score (nSPS) is 16.3. The Hall–Kier alpha value is -5.65. The number of likely N-dealkylation sites (N-methyl/N-ethyl adjacent to an activating group) is 1. The summed E-state index contributed by atoms with van der Waals surface area (Å²) in [4.78, 5) is 58.0. The number of piperazine rings is 1. The minimum absolute atomic E-state index is 0.127. The number of piperidine rings is 1. The lowest BCUT2D eigenvalue weighted by Crippen LogP contribution is -2.49. The molecular formula is C44H53F3N10O4. The third-order valence-electron chi connectivity index (χ3n) is 12.2. The minimum atomic E-state index is -4.65. The molecule has 1 N–H and O–H groups in total. The highest BCUT2D eigenvalue weighted by atomic mass is 19.4. The van der Waals surface area contributed by atoms with E-state index in [9.17, 15) is 32.3 Å². The van der Waals surface area contributed by atoms with Crippen molar-refractivity contribution in [2.75, 3.05) is 64.8 Å². The number of pyridine rings is 1. The summed E-state index contributed by atoms with van der Waals surface area (Å²) < 4.78 is 47.7. The molecule has 2 aliphatic heterocycles. The van der Waals surface area contributed by atoms with Gasteiger partial charge in [-0.2, -0.15) is 13.2 Å². The van der Waals surface area contributed by atoms with E-state index in [4.69, 9.17) is 0 Å². The number of amides is 1. The van der Waals surface area contributed by atoms with Gasteiger partial charge in [-0.3, -0.25) is 33.3 Å². The molecule has 5 aromatic rings. The number of hydrogen-bond acceptors (Lipinski definition) is 10. The van der Waals surface area contributed by atoms with E-state index in [0.29, 0.717) is 48.7 Å². The number of nitrogens with zero attached hydrogens (tertiary/aromatic N) is 9.